The van der Waals surface area contributed by atoms with Crippen LogP contribution in [0.4, 0.5) is 35.3 Å². The number of fused-ring (bicyclic) bond motifs is 1. The number of nitrogens with zero attached hydrogens (tertiary/aromatic N) is 3. The summed E-state index contributed by atoms with van der Waals surface area (Å²) in [5.41, 5.74) is 6.54. The van der Waals surface area contributed by atoms with Crippen LogP contribution in [0.2, 0.25) is 0 Å². The molecule has 0 radical (unpaired) electrons. The van der Waals surface area contributed by atoms with Crippen LogP contribution in [-0.4, -0.2) is 29.5 Å². The van der Waals surface area contributed by atoms with Crippen LogP contribution in [0.15, 0.2) is 60.7 Å². The summed E-state index contributed by atoms with van der Waals surface area (Å²) in [4.78, 5) is 21.1. The lowest BCUT2D eigenvalue weighted by atomic mass is 10.1. The predicted molar refractivity (Wildman–Crippen MR) is 131 cm³/mol. The lowest BCUT2D eigenvalue weighted by Crippen LogP contribution is -2.41. The number of aryl methyl sites for hydroxylation is 1. The highest BCUT2D eigenvalue weighted by molar-refractivity contribution is 6.08. The maximum absolute atomic E-state index is 13.0. The number of anilines is 3. The Morgan fingerprint density at radius 3 is 2.38 bits per heavy atom. The van der Waals surface area contributed by atoms with Gasteiger partial charge in [0.05, 0.1) is 12.8 Å². The molecule has 0 fully saturated rings. The van der Waals surface area contributed by atoms with Crippen LogP contribution < -0.4 is 36.1 Å². The Bertz CT molecular complexity index is 1440. The summed E-state index contributed by atoms with van der Waals surface area (Å²) < 4.78 is 53.0. The molecule has 0 bridgehead atoms. The number of methoxy groups -OCH3 is 1. The Kier molecular flexibility index (Phi) is 6.89. The van der Waals surface area contributed by atoms with Crippen molar-refractivity contribution in [3.63, 3.8) is 0 Å². The van der Waals surface area contributed by atoms with Gasteiger partial charge in [-0.1, -0.05) is 24.3 Å². The molecule has 5 N–H and O–H groups in total. The fourth-order valence-corrected chi connectivity index (χ4v) is 3.54. The molecule has 0 aliphatic heterocycles. The summed E-state index contributed by atoms with van der Waals surface area (Å²) >= 11 is 0. The van der Waals surface area contributed by atoms with Crippen molar-refractivity contribution in [2.45, 2.75) is 13.3 Å². The average molecular weight is 514 g/mol. The Hall–Kier alpha value is -4.78. The average Bonchev–Trinajstić information content (AvgIpc) is 2.83. The van der Waals surface area contributed by atoms with Gasteiger partial charge in [0.2, 0.25) is 11.8 Å². The molecule has 0 aliphatic rings. The third kappa shape index (κ3) is 5.90. The molecule has 192 valence electrons. The summed E-state index contributed by atoms with van der Waals surface area (Å²) in [7, 11) is 1.29. The minimum Gasteiger partial charge on any atom is -0.495 e. The molecular formula is C24H21F3N6O4. The number of aromatic nitrogens is 2. The number of hydrogen-bond donors (Lipinski definition) is 3. The summed E-state index contributed by atoms with van der Waals surface area (Å²) in [6, 6.07) is 14.2. The molecule has 0 aliphatic carbocycles. The topological polar surface area (TPSA) is 138 Å². The zero-order valence-corrected chi connectivity index (χ0v) is 19.5. The lowest BCUT2D eigenvalue weighted by Gasteiger charge is -2.21. The first-order valence-electron chi connectivity index (χ1n) is 10.6. The van der Waals surface area contributed by atoms with Crippen molar-refractivity contribution in [1.82, 2.24) is 9.97 Å². The van der Waals surface area contributed by atoms with Gasteiger partial charge >= 0.3 is 12.4 Å². The second-order valence-corrected chi connectivity index (χ2v) is 7.65. The van der Waals surface area contributed by atoms with E-state index in [-0.39, 0.29) is 23.3 Å². The van der Waals surface area contributed by atoms with Crippen molar-refractivity contribution in [1.29, 1.82) is 0 Å². The van der Waals surface area contributed by atoms with E-state index in [1.54, 1.807) is 49.4 Å². The van der Waals surface area contributed by atoms with Crippen LogP contribution in [0.25, 0.3) is 10.8 Å². The number of hydrogen-bond acceptors (Lipinski definition) is 8. The summed E-state index contributed by atoms with van der Waals surface area (Å²) in [5, 5.41) is 4.51. The highest BCUT2D eigenvalue weighted by Crippen LogP contribution is 2.36. The lowest BCUT2D eigenvalue weighted by molar-refractivity contribution is -0.274. The van der Waals surface area contributed by atoms with Crippen molar-refractivity contribution in [2.24, 2.45) is 5.84 Å². The molecule has 2 amide bonds. The molecule has 0 saturated carbocycles. The smallest absolute Gasteiger partial charge is 0.495 e. The SMILES string of the molecule is COc1ccc(OC(F)(F)F)cc1N(N)C(=O)Nc1ccc(Oc2cc(C)nc(N)n2)c2ccccc12. The first-order valence-corrected chi connectivity index (χ1v) is 10.6. The van der Waals surface area contributed by atoms with E-state index < -0.39 is 18.1 Å². The van der Waals surface area contributed by atoms with Crippen molar-refractivity contribution < 1.29 is 32.2 Å². The largest absolute Gasteiger partial charge is 0.573 e. The number of nitrogen functional groups attached to an aromatic ring is 1. The molecule has 37 heavy (non-hydrogen) atoms. The molecular weight excluding hydrogens is 493 g/mol. The molecule has 4 rings (SSSR count). The van der Waals surface area contributed by atoms with Gasteiger partial charge in [0.15, 0.2) is 0 Å². The molecule has 0 unspecified atom stereocenters. The van der Waals surface area contributed by atoms with Crippen LogP contribution in [0.1, 0.15) is 5.69 Å². The van der Waals surface area contributed by atoms with Crippen LogP contribution >= 0.6 is 0 Å². The van der Waals surface area contributed by atoms with Gasteiger partial charge in [-0.3, -0.25) is 0 Å². The van der Waals surface area contributed by atoms with Gasteiger partial charge < -0.3 is 25.3 Å². The maximum atomic E-state index is 13.0. The first-order chi connectivity index (χ1) is 17.5. The summed E-state index contributed by atoms with van der Waals surface area (Å²) in [6.45, 7) is 1.75. The monoisotopic (exact) mass is 514 g/mol. The number of rotatable bonds is 6. The van der Waals surface area contributed by atoms with E-state index in [4.69, 9.17) is 21.1 Å². The molecule has 3 aromatic carbocycles. The van der Waals surface area contributed by atoms with Gasteiger partial charge in [0.25, 0.3) is 0 Å². The normalized spacial score (nSPS) is 11.2. The Morgan fingerprint density at radius 1 is 1.00 bits per heavy atom. The second kappa shape index (κ2) is 10.1. The molecule has 4 aromatic rings. The van der Waals surface area contributed by atoms with Gasteiger partial charge in [-0.05, 0) is 31.2 Å². The van der Waals surface area contributed by atoms with Gasteiger partial charge in [-0.2, -0.15) is 4.98 Å². The van der Waals surface area contributed by atoms with Gasteiger partial charge in [-0.15, -0.1) is 13.2 Å². The van der Waals surface area contributed by atoms with E-state index in [9.17, 15) is 18.0 Å². The van der Waals surface area contributed by atoms with Gasteiger partial charge in [0, 0.05) is 28.6 Å². The number of hydrazine groups is 1. The number of carbonyl (C=O) groups is 1. The third-order valence-electron chi connectivity index (χ3n) is 5.05. The highest BCUT2D eigenvalue weighted by Gasteiger charge is 2.32. The fraction of sp³-hybridized carbons (Fsp3) is 0.125. The molecule has 0 saturated heterocycles. The molecule has 13 heteroatoms. The van der Waals surface area contributed by atoms with Crippen molar-refractivity contribution in [3.8, 4) is 23.1 Å². The van der Waals surface area contributed by atoms with Gasteiger partial charge in [-0.25, -0.2) is 20.6 Å². The number of nitrogens with one attached hydrogen (secondary N) is 1. The molecule has 10 nitrogen and oxygen atoms in total. The van der Waals surface area contributed by atoms with E-state index >= 15 is 0 Å². The predicted octanol–water partition coefficient (Wildman–Crippen LogP) is 5.13. The zero-order chi connectivity index (χ0) is 26.7. The minimum absolute atomic E-state index is 0.0557. The number of alkyl halides is 3. The Morgan fingerprint density at radius 2 is 1.70 bits per heavy atom. The number of amides is 2. The highest BCUT2D eigenvalue weighted by atomic mass is 19.4. The van der Waals surface area contributed by atoms with Crippen molar-refractivity contribution in [2.75, 3.05) is 23.2 Å². The van der Waals surface area contributed by atoms with Gasteiger partial charge in [0.1, 0.15) is 22.9 Å². The molecule has 1 aromatic heterocycles. The molecule has 1 heterocycles. The summed E-state index contributed by atoms with van der Waals surface area (Å²) in [5.74, 6) is 6.18. The van der Waals surface area contributed by atoms with Crippen molar-refractivity contribution in [3.05, 3.63) is 66.4 Å². The number of carbonyl (C=O) groups excluding carboxylic acids is 1. The number of ether oxygens (including phenoxy) is 3. The molecule has 0 spiro atoms. The molecule has 0 atom stereocenters. The number of urea groups is 1. The van der Waals surface area contributed by atoms with E-state index in [2.05, 4.69) is 20.0 Å². The van der Waals surface area contributed by atoms with Crippen LogP contribution in [-0.2, 0) is 0 Å². The number of benzene rings is 3. The third-order valence-corrected chi connectivity index (χ3v) is 5.05. The maximum Gasteiger partial charge on any atom is 0.573 e. The first kappa shape index (κ1) is 25.3. The quantitative estimate of drug-likeness (QED) is 0.183. The number of halogens is 3. The van der Waals surface area contributed by atoms with Crippen LogP contribution in [0.3, 0.4) is 0 Å². The fourth-order valence-electron chi connectivity index (χ4n) is 3.54. The zero-order valence-electron chi connectivity index (χ0n) is 19.5. The van der Waals surface area contributed by atoms with E-state index in [1.807, 2.05) is 0 Å². The van der Waals surface area contributed by atoms with Crippen molar-refractivity contribution >= 4 is 34.1 Å². The summed E-state index contributed by atoms with van der Waals surface area (Å²) in [6.07, 6.45) is -4.92. The number of nitrogens with two attached hydrogens (primary N) is 2. The Balaban J connectivity index is 1.62. The van der Waals surface area contributed by atoms with E-state index in [1.165, 1.54) is 13.2 Å². The standard InChI is InChI=1S/C24H21F3N6O4/c1-13-11-21(32-22(28)30-13)36-19-10-8-17(15-5-3-4-6-16(15)19)31-23(34)33(29)18-12-14(37-24(25,26)27)7-9-20(18)35-2/h3-12H,29H2,1-2H3,(H,31,34)(H2,28,30,32). The Labute approximate surface area is 208 Å². The van der Waals surface area contributed by atoms with Crippen LogP contribution in [0.5, 0.6) is 23.1 Å². The van der Waals surface area contributed by atoms with Crippen LogP contribution in [0, 0.1) is 6.92 Å². The minimum atomic E-state index is -4.92. The van der Waals surface area contributed by atoms with E-state index in [0.717, 1.165) is 12.1 Å². The second-order valence-electron chi connectivity index (χ2n) is 7.65. The van der Waals surface area contributed by atoms with E-state index in [0.29, 0.717) is 32.9 Å².